The lowest BCUT2D eigenvalue weighted by Crippen LogP contribution is -2.41. The summed E-state index contributed by atoms with van der Waals surface area (Å²) in [6.07, 6.45) is 1.61. The van der Waals surface area contributed by atoms with Gasteiger partial charge in [0.25, 0.3) is 11.8 Å². The Kier molecular flexibility index (Phi) is 3.26. The molecule has 0 saturated carbocycles. The van der Waals surface area contributed by atoms with Crippen molar-refractivity contribution in [1.29, 1.82) is 0 Å². The number of hydrogen-bond acceptors (Lipinski definition) is 4. The third kappa shape index (κ3) is 1.97. The molecule has 5 heteroatoms. The van der Waals surface area contributed by atoms with Gasteiger partial charge in [-0.25, -0.2) is 0 Å². The number of carbonyl (C=O) groups is 2. The third-order valence-electron chi connectivity index (χ3n) is 6.27. The van der Waals surface area contributed by atoms with E-state index in [0.717, 1.165) is 9.89 Å². The van der Waals surface area contributed by atoms with E-state index in [1.54, 1.807) is 6.21 Å². The first-order valence-electron chi connectivity index (χ1n) is 9.38. The first kappa shape index (κ1) is 16.0. The van der Waals surface area contributed by atoms with Gasteiger partial charge in [0.05, 0.1) is 18.1 Å². The van der Waals surface area contributed by atoms with Gasteiger partial charge < -0.3 is 0 Å². The van der Waals surface area contributed by atoms with E-state index < -0.39 is 0 Å². The van der Waals surface area contributed by atoms with Crippen LogP contribution >= 0.6 is 11.3 Å². The molecule has 0 N–H and O–H groups in total. The molecule has 136 valence electrons. The lowest BCUT2D eigenvalue weighted by atomic mass is 9.55. The molecular formula is C23H16N2O2S. The fourth-order valence-electron chi connectivity index (χ4n) is 5.25. The summed E-state index contributed by atoms with van der Waals surface area (Å²) in [7, 11) is 0. The number of thiophene rings is 1. The average Bonchev–Trinajstić information content (AvgIpc) is 3.34. The second-order valence-corrected chi connectivity index (χ2v) is 8.49. The van der Waals surface area contributed by atoms with E-state index in [2.05, 4.69) is 29.4 Å². The van der Waals surface area contributed by atoms with Crippen LogP contribution in [0.2, 0.25) is 0 Å². The Bertz CT molecular complexity index is 1040. The fraction of sp³-hybridized carbons (Fsp3) is 0.174. The van der Waals surface area contributed by atoms with E-state index in [0.29, 0.717) is 0 Å². The molecular weight excluding hydrogens is 368 g/mol. The molecule has 28 heavy (non-hydrogen) atoms. The summed E-state index contributed by atoms with van der Waals surface area (Å²) in [5.41, 5.74) is 4.71. The number of imide groups is 1. The summed E-state index contributed by atoms with van der Waals surface area (Å²) >= 11 is 1.53. The molecule has 7 rings (SSSR count). The Labute approximate surface area is 166 Å². The zero-order valence-electron chi connectivity index (χ0n) is 14.9. The highest BCUT2D eigenvalue weighted by Crippen LogP contribution is 2.60. The average molecular weight is 384 g/mol. The zero-order chi connectivity index (χ0) is 18.8. The molecule has 2 amide bonds. The molecule has 3 aromatic rings. The molecule has 1 saturated heterocycles. The van der Waals surface area contributed by atoms with Crippen LogP contribution in [0, 0.1) is 11.8 Å². The Morgan fingerprint density at radius 3 is 1.68 bits per heavy atom. The minimum atomic E-state index is -0.372. The Hall–Kier alpha value is -3.05. The maximum Gasteiger partial charge on any atom is 0.254 e. The van der Waals surface area contributed by atoms with Crippen molar-refractivity contribution in [3.05, 3.63) is 93.2 Å². The van der Waals surface area contributed by atoms with Gasteiger partial charge in [0, 0.05) is 16.7 Å². The van der Waals surface area contributed by atoms with Crippen molar-refractivity contribution in [3.8, 4) is 0 Å². The minimum Gasteiger partial charge on any atom is -0.272 e. The number of carbonyl (C=O) groups excluding carboxylic acids is 2. The van der Waals surface area contributed by atoms with Crippen LogP contribution in [0.1, 0.15) is 39.0 Å². The van der Waals surface area contributed by atoms with E-state index in [-0.39, 0.29) is 35.5 Å². The largest absolute Gasteiger partial charge is 0.272 e. The van der Waals surface area contributed by atoms with Gasteiger partial charge in [-0.05, 0) is 33.7 Å². The molecule has 0 radical (unpaired) electrons. The van der Waals surface area contributed by atoms with Gasteiger partial charge in [-0.1, -0.05) is 54.6 Å². The summed E-state index contributed by atoms with van der Waals surface area (Å²) in [6, 6.07) is 20.3. The molecule has 1 aliphatic heterocycles. The number of hydrazone groups is 1. The predicted octanol–water partition coefficient (Wildman–Crippen LogP) is 3.97. The molecule has 1 aromatic heterocycles. The van der Waals surface area contributed by atoms with E-state index >= 15 is 0 Å². The molecule has 2 atom stereocenters. The Balaban J connectivity index is 1.50. The highest BCUT2D eigenvalue weighted by Gasteiger charge is 2.61. The van der Waals surface area contributed by atoms with Crippen LogP contribution in [0.5, 0.6) is 0 Å². The monoisotopic (exact) mass is 384 g/mol. The van der Waals surface area contributed by atoms with Crippen molar-refractivity contribution in [2.45, 2.75) is 11.8 Å². The molecule has 2 bridgehead atoms. The van der Waals surface area contributed by atoms with Crippen molar-refractivity contribution in [3.63, 3.8) is 0 Å². The molecule has 2 heterocycles. The van der Waals surface area contributed by atoms with Crippen LogP contribution < -0.4 is 0 Å². The summed E-state index contributed by atoms with van der Waals surface area (Å²) in [6.45, 7) is 0. The summed E-state index contributed by atoms with van der Waals surface area (Å²) in [5.74, 6) is -1.27. The number of rotatable bonds is 2. The molecule has 2 aromatic carbocycles. The van der Waals surface area contributed by atoms with Crippen molar-refractivity contribution in [2.24, 2.45) is 16.9 Å². The van der Waals surface area contributed by atoms with Crippen molar-refractivity contribution >= 4 is 29.4 Å². The fourth-order valence-corrected chi connectivity index (χ4v) is 5.83. The first-order valence-corrected chi connectivity index (χ1v) is 10.3. The van der Waals surface area contributed by atoms with Crippen LogP contribution in [0.15, 0.2) is 71.1 Å². The first-order chi connectivity index (χ1) is 13.8. The molecule has 0 spiro atoms. The maximum absolute atomic E-state index is 13.3. The third-order valence-corrected chi connectivity index (χ3v) is 7.08. The maximum atomic E-state index is 13.3. The van der Waals surface area contributed by atoms with E-state index in [9.17, 15) is 9.59 Å². The Morgan fingerprint density at radius 2 is 1.25 bits per heavy atom. The lowest BCUT2D eigenvalue weighted by Gasteiger charge is -2.45. The van der Waals surface area contributed by atoms with E-state index in [1.807, 2.05) is 41.8 Å². The summed E-state index contributed by atoms with van der Waals surface area (Å²) in [5, 5.41) is 7.36. The van der Waals surface area contributed by atoms with Gasteiger partial charge in [0.1, 0.15) is 0 Å². The summed E-state index contributed by atoms with van der Waals surface area (Å²) < 4.78 is 0. The second kappa shape index (κ2) is 5.72. The van der Waals surface area contributed by atoms with Crippen LogP contribution in [-0.2, 0) is 9.59 Å². The van der Waals surface area contributed by atoms with Crippen molar-refractivity contribution < 1.29 is 9.59 Å². The van der Waals surface area contributed by atoms with Crippen LogP contribution in [0.25, 0.3) is 0 Å². The smallest absolute Gasteiger partial charge is 0.254 e. The van der Waals surface area contributed by atoms with E-state index in [1.165, 1.54) is 33.6 Å². The van der Waals surface area contributed by atoms with Gasteiger partial charge in [-0.15, -0.1) is 11.3 Å². The lowest BCUT2D eigenvalue weighted by molar-refractivity contribution is -0.139. The molecule has 1 fully saturated rings. The van der Waals surface area contributed by atoms with Crippen LogP contribution in [0.3, 0.4) is 0 Å². The number of benzene rings is 2. The SMILES string of the molecule is O=C1[C@@H]2C3c4ccccc4C(c4ccccc43)[C@H]2C(=O)N1/N=C\c1cccs1. The van der Waals surface area contributed by atoms with Crippen molar-refractivity contribution in [1.82, 2.24) is 5.01 Å². The quantitative estimate of drug-likeness (QED) is 0.496. The predicted molar refractivity (Wildman–Crippen MR) is 107 cm³/mol. The van der Waals surface area contributed by atoms with Gasteiger partial charge in [0.2, 0.25) is 0 Å². The summed E-state index contributed by atoms with van der Waals surface area (Å²) in [4.78, 5) is 27.5. The number of nitrogens with zero attached hydrogens (tertiary/aromatic N) is 2. The topological polar surface area (TPSA) is 49.7 Å². The number of hydrogen-bond donors (Lipinski definition) is 0. The second-order valence-electron chi connectivity index (χ2n) is 7.51. The molecule has 4 aliphatic rings. The van der Waals surface area contributed by atoms with Gasteiger partial charge in [-0.3, -0.25) is 9.59 Å². The zero-order valence-corrected chi connectivity index (χ0v) is 15.7. The minimum absolute atomic E-state index is 0.0826. The Morgan fingerprint density at radius 1 is 0.750 bits per heavy atom. The van der Waals surface area contributed by atoms with E-state index in [4.69, 9.17) is 0 Å². The van der Waals surface area contributed by atoms with Crippen LogP contribution in [-0.4, -0.2) is 23.0 Å². The highest BCUT2D eigenvalue weighted by atomic mass is 32.1. The van der Waals surface area contributed by atoms with Gasteiger partial charge >= 0.3 is 0 Å². The number of amides is 2. The normalized spacial score (nSPS) is 27.2. The van der Waals surface area contributed by atoms with Gasteiger partial charge in [0.15, 0.2) is 0 Å². The van der Waals surface area contributed by atoms with Crippen molar-refractivity contribution in [2.75, 3.05) is 0 Å². The highest BCUT2D eigenvalue weighted by molar-refractivity contribution is 7.11. The molecule has 4 nitrogen and oxygen atoms in total. The van der Waals surface area contributed by atoms with Crippen LogP contribution in [0.4, 0.5) is 0 Å². The molecule has 0 unspecified atom stereocenters. The molecule has 3 aliphatic carbocycles. The van der Waals surface area contributed by atoms with Gasteiger partial charge in [-0.2, -0.15) is 10.1 Å². The standard InChI is InChI=1S/C23H16N2O2S/c26-22-20-18-14-7-1-2-8-15(14)19(17-10-4-3-9-16(17)18)21(20)23(27)25(22)24-12-13-6-5-11-28-13/h1-12,18-21H/b24-12-/t18?,19?,20-,21-/m1/s1.